The Morgan fingerprint density at radius 2 is 0.765 bits per heavy atom. The molecule has 0 aliphatic heterocycles. The number of benzene rings is 7. The summed E-state index contributed by atoms with van der Waals surface area (Å²) in [7, 11) is 0. The first-order valence-electron chi connectivity index (χ1n) is 25.7. The maximum Gasteiger partial charge on any atom is 0.0465 e. The third kappa shape index (κ3) is 9.40. The van der Waals surface area contributed by atoms with Gasteiger partial charge < -0.3 is 4.90 Å². The molecule has 7 aromatic carbocycles. The Balaban J connectivity index is 1.15. The van der Waals surface area contributed by atoms with Crippen LogP contribution in [0, 0.1) is 0 Å². The first-order valence-corrected chi connectivity index (χ1v) is 25.7. The molecule has 0 aromatic heterocycles. The molecule has 2 aliphatic rings. The van der Waals surface area contributed by atoms with Crippen molar-refractivity contribution in [1.82, 2.24) is 0 Å². The number of rotatable bonds is 7. The van der Waals surface area contributed by atoms with Gasteiger partial charge in [0.05, 0.1) is 0 Å². The third-order valence-electron chi connectivity index (χ3n) is 15.4. The largest absolute Gasteiger partial charge is 0.310 e. The fourth-order valence-electron chi connectivity index (χ4n) is 10.9. The zero-order valence-electron chi connectivity index (χ0n) is 43.9. The average Bonchev–Trinajstić information content (AvgIpc) is 3.53. The van der Waals surface area contributed by atoms with Gasteiger partial charge in [-0.2, -0.15) is 0 Å². The molecular formula is C67H77N. The summed E-state index contributed by atoms with van der Waals surface area (Å²) in [6.45, 7) is 32.8. The topological polar surface area (TPSA) is 3.24 Å². The molecule has 0 radical (unpaired) electrons. The Kier molecular flexibility index (Phi) is 12.1. The second-order valence-electron chi connectivity index (χ2n) is 25.1. The molecule has 2 aliphatic carbocycles. The smallest absolute Gasteiger partial charge is 0.0465 e. The van der Waals surface area contributed by atoms with Crippen molar-refractivity contribution in [3.05, 3.63) is 185 Å². The van der Waals surface area contributed by atoms with E-state index in [0.717, 1.165) is 5.69 Å². The predicted molar refractivity (Wildman–Crippen MR) is 296 cm³/mol. The van der Waals surface area contributed by atoms with Crippen molar-refractivity contribution in [1.29, 1.82) is 0 Å². The SMILES string of the molecule is CC(C)(C)c1cc(-c2ccc(N(c3ccc(C4CCCCC4)cc3)c3ccc4c(c3)C(C)(C)c3ccccc3-4)cc2)cc(-c2cc(-c3cc(C(C)(C)C)cc(C(C)(C)C)c3)cc(C(C)(C)C)c2)c1. The molecule has 0 N–H and O–H groups in total. The summed E-state index contributed by atoms with van der Waals surface area (Å²) < 4.78 is 0. The fourth-order valence-corrected chi connectivity index (χ4v) is 10.9. The lowest BCUT2D eigenvalue weighted by Crippen LogP contribution is -2.16. The van der Waals surface area contributed by atoms with Crippen molar-refractivity contribution in [3.63, 3.8) is 0 Å². The van der Waals surface area contributed by atoms with E-state index in [1.165, 1.54) is 127 Å². The van der Waals surface area contributed by atoms with Crippen molar-refractivity contribution in [2.75, 3.05) is 4.90 Å². The average molecular weight is 896 g/mol. The molecule has 1 nitrogen and oxygen atoms in total. The molecule has 0 spiro atoms. The van der Waals surface area contributed by atoms with E-state index in [4.69, 9.17) is 0 Å². The molecule has 1 heteroatoms. The second kappa shape index (κ2) is 17.4. The predicted octanol–water partition coefficient (Wildman–Crippen LogP) is 19.7. The van der Waals surface area contributed by atoms with Gasteiger partial charge in [0.1, 0.15) is 0 Å². The highest BCUT2D eigenvalue weighted by Crippen LogP contribution is 2.51. The Morgan fingerprint density at radius 3 is 1.25 bits per heavy atom. The minimum atomic E-state index is -0.0862. The Labute approximate surface area is 411 Å². The van der Waals surface area contributed by atoms with Gasteiger partial charge in [-0.05, 0) is 172 Å². The summed E-state index contributed by atoms with van der Waals surface area (Å²) in [5.74, 6) is 0.669. The minimum absolute atomic E-state index is 0.0276. The van der Waals surface area contributed by atoms with E-state index in [1.54, 1.807) is 0 Å². The van der Waals surface area contributed by atoms with Crippen molar-refractivity contribution in [2.24, 2.45) is 0 Å². The van der Waals surface area contributed by atoms with Gasteiger partial charge in [-0.1, -0.05) is 213 Å². The van der Waals surface area contributed by atoms with Crippen LogP contribution >= 0.6 is 0 Å². The molecule has 1 saturated carbocycles. The molecule has 7 aromatic rings. The lowest BCUT2D eigenvalue weighted by molar-refractivity contribution is 0.443. The highest BCUT2D eigenvalue weighted by Gasteiger charge is 2.36. The van der Waals surface area contributed by atoms with Crippen molar-refractivity contribution in [3.8, 4) is 44.5 Å². The number of fused-ring (bicyclic) bond motifs is 3. The van der Waals surface area contributed by atoms with Gasteiger partial charge in [-0.25, -0.2) is 0 Å². The molecule has 0 bridgehead atoms. The van der Waals surface area contributed by atoms with Crippen LogP contribution < -0.4 is 4.90 Å². The molecule has 9 rings (SSSR count). The van der Waals surface area contributed by atoms with Crippen molar-refractivity contribution >= 4 is 17.1 Å². The van der Waals surface area contributed by atoms with Gasteiger partial charge in [-0.15, -0.1) is 0 Å². The van der Waals surface area contributed by atoms with Gasteiger partial charge in [0.2, 0.25) is 0 Å². The van der Waals surface area contributed by atoms with Crippen LogP contribution in [-0.2, 0) is 27.1 Å². The van der Waals surface area contributed by atoms with E-state index in [0.29, 0.717) is 5.92 Å². The van der Waals surface area contributed by atoms with Crippen LogP contribution in [0.15, 0.2) is 146 Å². The lowest BCUT2D eigenvalue weighted by Gasteiger charge is -2.29. The maximum absolute atomic E-state index is 2.48. The van der Waals surface area contributed by atoms with E-state index in [1.807, 2.05) is 0 Å². The molecule has 68 heavy (non-hydrogen) atoms. The van der Waals surface area contributed by atoms with Gasteiger partial charge in [0, 0.05) is 22.5 Å². The summed E-state index contributed by atoms with van der Waals surface area (Å²) in [6.07, 6.45) is 6.65. The Hall–Kier alpha value is -5.66. The molecular weight excluding hydrogens is 819 g/mol. The number of anilines is 3. The van der Waals surface area contributed by atoms with Crippen LogP contribution in [-0.4, -0.2) is 0 Å². The monoisotopic (exact) mass is 896 g/mol. The highest BCUT2D eigenvalue weighted by atomic mass is 15.1. The second-order valence-corrected chi connectivity index (χ2v) is 25.1. The van der Waals surface area contributed by atoms with E-state index < -0.39 is 0 Å². The Morgan fingerprint density at radius 1 is 0.368 bits per heavy atom. The number of hydrogen-bond acceptors (Lipinski definition) is 1. The van der Waals surface area contributed by atoms with Crippen molar-refractivity contribution in [2.45, 2.75) is 162 Å². The first kappa shape index (κ1) is 47.4. The molecule has 0 unspecified atom stereocenters. The fraction of sp³-hybridized carbons (Fsp3) is 0.373. The molecule has 0 heterocycles. The van der Waals surface area contributed by atoms with Crippen molar-refractivity contribution < 1.29 is 0 Å². The first-order chi connectivity index (χ1) is 31.9. The van der Waals surface area contributed by atoms with E-state index >= 15 is 0 Å². The van der Waals surface area contributed by atoms with E-state index in [2.05, 4.69) is 247 Å². The zero-order valence-corrected chi connectivity index (χ0v) is 43.9. The third-order valence-corrected chi connectivity index (χ3v) is 15.4. The van der Waals surface area contributed by atoms with Gasteiger partial charge in [0.25, 0.3) is 0 Å². The van der Waals surface area contributed by atoms with Crippen LogP contribution in [0.2, 0.25) is 0 Å². The summed E-state index contributed by atoms with van der Waals surface area (Å²) in [4.78, 5) is 2.48. The maximum atomic E-state index is 2.48. The zero-order chi connectivity index (χ0) is 48.6. The van der Waals surface area contributed by atoms with E-state index in [-0.39, 0.29) is 27.1 Å². The van der Waals surface area contributed by atoms with Crippen LogP contribution in [0.4, 0.5) is 17.1 Å². The van der Waals surface area contributed by atoms with Crippen LogP contribution in [0.3, 0.4) is 0 Å². The summed E-state index contributed by atoms with van der Waals surface area (Å²) in [5.41, 5.74) is 23.4. The number of nitrogens with zero attached hydrogens (tertiary/aromatic N) is 1. The lowest BCUT2D eigenvalue weighted by atomic mass is 9.77. The molecule has 0 atom stereocenters. The molecule has 350 valence electrons. The van der Waals surface area contributed by atoms with Gasteiger partial charge in [-0.3, -0.25) is 0 Å². The van der Waals surface area contributed by atoms with Crippen LogP contribution in [0.25, 0.3) is 44.5 Å². The Bertz CT molecular complexity index is 2930. The standard InChI is InChI=1S/C67H77N/c1-63(2,3)52-36-47(34-48(37-52)49-35-50(39-53(38-49)64(4,5)6)51-40-54(65(7,8)9)42-55(41-51)66(10,11)12)46-26-30-57(31-27-46)68(56-28-24-45(25-29-56)44-20-16-15-17-21-44)58-32-33-60-59-22-18-19-23-61(59)67(13,14)62(60)43-58/h18-19,22-44H,15-17,20-21H2,1-14H3. The molecule has 1 fully saturated rings. The van der Waals surface area contributed by atoms with Gasteiger partial charge >= 0.3 is 0 Å². The van der Waals surface area contributed by atoms with Crippen LogP contribution in [0.1, 0.15) is 174 Å². The summed E-state index contributed by atoms with van der Waals surface area (Å²) in [6, 6.07) is 57.0. The van der Waals surface area contributed by atoms with Gasteiger partial charge in [0.15, 0.2) is 0 Å². The molecule has 0 saturated heterocycles. The summed E-state index contributed by atoms with van der Waals surface area (Å²) in [5, 5.41) is 0. The quantitative estimate of drug-likeness (QED) is 0.154. The minimum Gasteiger partial charge on any atom is -0.310 e. The normalized spacial score (nSPS) is 15.3. The highest BCUT2D eigenvalue weighted by molar-refractivity contribution is 5.86. The van der Waals surface area contributed by atoms with Crippen LogP contribution in [0.5, 0.6) is 0 Å². The molecule has 0 amide bonds. The number of hydrogen-bond donors (Lipinski definition) is 0. The summed E-state index contributed by atoms with van der Waals surface area (Å²) >= 11 is 0. The van der Waals surface area contributed by atoms with E-state index in [9.17, 15) is 0 Å².